The minimum Gasteiger partial charge on any atom is -0.496 e. The first-order chi connectivity index (χ1) is 13.9. The van der Waals surface area contributed by atoms with Crippen molar-refractivity contribution in [3.63, 3.8) is 0 Å². The van der Waals surface area contributed by atoms with Crippen molar-refractivity contribution in [2.75, 3.05) is 39.3 Å². The molecule has 0 aliphatic carbocycles. The fourth-order valence-electron chi connectivity index (χ4n) is 2.61. The molecule has 2 rings (SSSR count). The number of ether oxygens (including phenoxy) is 3. The summed E-state index contributed by atoms with van der Waals surface area (Å²) in [6.07, 6.45) is 0. The second-order valence-corrected chi connectivity index (χ2v) is 6.58. The molecule has 7 heteroatoms. The van der Waals surface area contributed by atoms with Crippen molar-refractivity contribution in [2.24, 2.45) is 0 Å². The van der Waals surface area contributed by atoms with Crippen LogP contribution in [0.25, 0.3) is 0 Å². The first-order valence-corrected chi connectivity index (χ1v) is 9.39. The SMILES string of the molecule is CCOCc1cc(C(=O)OCC(=O)NCc2ccc(N(C)C)cc2)ccc1OC. The van der Waals surface area contributed by atoms with Crippen LogP contribution in [0, 0.1) is 0 Å². The predicted molar refractivity (Wildman–Crippen MR) is 111 cm³/mol. The lowest BCUT2D eigenvalue weighted by Crippen LogP contribution is -2.28. The van der Waals surface area contributed by atoms with E-state index in [0.717, 1.165) is 16.8 Å². The van der Waals surface area contributed by atoms with Gasteiger partial charge in [0.1, 0.15) is 5.75 Å². The number of carbonyl (C=O) groups is 2. The van der Waals surface area contributed by atoms with Gasteiger partial charge in [0.25, 0.3) is 5.91 Å². The van der Waals surface area contributed by atoms with Crippen LogP contribution in [-0.4, -0.2) is 46.3 Å². The first-order valence-electron chi connectivity index (χ1n) is 9.39. The normalized spacial score (nSPS) is 10.3. The quantitative estimate of drug-likeness (QED) is 0.618. The zero-order valence-electron chi connectivity index (χ0n) is 17.4. The Morgan fingerprint density at radius 3 is 2.41 bits per heavy atom. The third kappa shape index (κ3) is 6.80. The van der Waals surface area contributed by atoms with Gasteiger partial charge in [-0.3, -0.25) is 4.79 Å². The molecule has 2 aromatic rings. The van der Waals surface area contributed by atoms with Gasteiger partial charge in [-0.25, -0.2) is 4.79 Å². The van der Waals surface area contributed by atoms with E-state index in [4.69, 9.17) is 14.2 Å². The summed E-state index contributed by atoms with van der Waals surface area (Å²) in [7, 11) is 5.49. The summed E-state index contributed by atoms with van der Waals surface area (Å²) in [5.74, 6) is -0.304. The van der Waals surface area contributed by atoms with Gasteiger partial charge in [-0.1, -0.05) is 12.1 Å². The molecule has 156 valence electrons. The van der Waals surface area contributed by atoms with E-state index in [-0.39, 0.29) is 12.5 Å². The number of carbonyl (C=O) groups excluding carboxylic acids is 2. The van der Waals surface area contributed by atoms with E-state index in [1.54, 1.807) is 25.3 Å². The number of esters is 1. The van der Waals surface area contributed by atoms with E-state index < -0.39 is 5.97 Å². The van der Waals surface area contributed by atoms with Gasteiger partial charge >= 0.3 is 5.97 Å². The third-order valence-corrected chi connectivity index (χ3v) is 4.25. The van der Waals surface area contributed by atoms with Gasteiger partial charge < -0.3 is 24.4 Å². The van der Waals surface area contributed by atoms with Crippen molar-refractivity contribution in [3.8, 4) is 5.75 Å². The van der Waals surface area contributed by atoms with E-state index in [9.17, 15) is 9.59 Å². The Labute approximate surface area is 171 Å². The van der Waals surface area contributed by atoms with Crippen molar-refractivity contribution in [1.29, 1.82) is 0 Å². The van der Waals surface area contributed by atoms with Gasteiger partial charge in [0.2, 0.25) is 0 Å². The highest BCUT2D eigenvalue weighted by Crippen LogP contribution is 2.21. The molecule has 0 spiro atoms. The average molecular weight is 400 g/mol. The average Bonchev–Trinajstić information content (AvgIpc) is 2.74. The molecule has 7 nitrogen and oxygen atoms in total. The van der Waals surface area contributed by atoms with Crippen LogP contribution in [0.3, 0.4) is 0 Å². The smallest absolute Gasteiger partial charge is 0.338 e. The third-order valence-electron chi connectivity index (χ3n) is 4.25. The Balaban J connectivity index is 1.85. The summed E-state index contributed by atoms with van der Waals surface area (Å²) in [5.41, 5.74) is 3.13. The number of methoxy groups -OCH3 is 1. The molecule has 0 aromatic heterocycles. The van der Waals surface area contributed by atoms with Crippen LogP contribution in [0.4, 0.5) is 5.69 Å². The highest BCUT2D eigenvalue weighted by molar-refractivity contribution is 5.91. The molecule has 0 atom stereocenters. The van der Waals surface area contributed by atoms with Gasteiger partial charge in [0.15, 0.2) is 6.61 Å². The predicted octanol–water partition coefficient (Wildman–Crippen LogP) is 2.77. The summed E-state index contributed by atoms with van der Waals surface area (Å²) in [5, 5.41) is 2.74. The molecule has 0 aliphatic rings. The number of nitrogens with one attached hydrogen (secondary N) is 1. The molecule has 1 N–H and O–H groups in total. The molecule has 0 heterocycles. The summed E-state index contributed by atoms with van der Waals surface area (Å²) in [4.78, 5) is 26.3. The summed E-state index contributed by atoms with van der Waals surface area (Å²) >= 11 is 0. The van der Waals surface area contributed by atoms with Gasteiger partial charge in [-0.15, -0.1) is 0 Å². The van der Waals surface area contributed by atoms with Crippen LogP contribution >= 0.6 is 0 Å². The summed E-state index contributed by atoms with van der Waals surface area (Å²) < 4.78 is 15.8. The maximum absolute atomic E-state index is 12.3. The molecule has 1 amide bonds. The second kappa shape index (κ2) is 11.1. The molecule has 0 aliphatic heterocycles. The van der Waals surface area contributed by atoms with Crippen molar-refractivity contribution < 1.29 is 23.8 Å². The van der Waals surface area contributed by atoms with Gasteiger partial charge in [0, 0.05) is 38.5 Å². The monoisotopic (exact) mass is 400 g/mol. The van der Waals surface area contributed by atoms with Crippen molar-refractivity contribution in [1.82, 2.24) is 5.32 Å². The Kier molecular flexibility index (Phi) is 8.48. The minimum absolute atomic E-state index is 0.327. The number of amides is 1. The molecule has 29 heavy (non-hydrogen) atoms. The lowest BCUT2D eigenvalue weighted by atomic mass is 10.1. The second-order valence-electron chi connectivity index (χ2n) is 6.58. The lowest BCUT2D eigenvalue weighted by molar-refractivity contribution is -0.124. The number of anilines is 1. The lowest BCUT2D eigenvalue weighted by Gasteiger charge is -2.13. The number of benzene rings is 2. The zero-order valence-corrected chi connectivity index (χ0v) is 17.4. The van der Waals surface area contributed by atoms with Gasteiger partial charge in [0.05, 0.1) is 19.3 Å². The van der Waals surface area contributed by atoms with Crippen molar-refractivity contribution >= 4 is 17.6 Å². The largest absolute Gasteiger partial charge is 0.496 e. The maximum Gasteiger partial charge on any atom is 0.338 e. The maximum atomic E-state index is 12.3. The topological polar surface area (TPSA) is 77.1 Å². The number of hydrogen-bond acceptors (Lipinski definition) is 6. The Morgan fingerprint density at radius 1 is 1.07 bits per heavy atom. The summed E-state index contributed by atoms with van der Waals surface area (Å²) in [6.45, 7) is 2.79. The van der Waals surface area contributed by atoms with Crippen LogP contribution in [0.15, 0.2) is 42.5 Å². The van der Waals surface area contributed by atoms with Gasteiger partial charge in [-0.2, -0.15) is 0 Å². The highest BCUT2D eigenvalue weighted by Gasteiger charge is 2.13. The van der Waals surface area contributed by atoms with Crippen LogP contribution in [0.2, 0.25) is 0 Å². The van der Waals surface area contributed by atoms with E-state index in [2.05, 4.69) is 5.32 Å². The highest BCUT2D eigenvalue weighted by atomic mass is 16.5. The Morgan fingerprint density at radius 2 is 1.79 bits per heavy atom. The van der Waals surface area contributed by atoms with Crippen LogP contribution in [-0.2, 0) is 27.4 Å². The van der Waals surface area contributed by atoms with Crippen molar-refractivity contribution in [3.05, 3.63) is 59.2 Å². The zero-order chi connectivity index (χ0) is 21.2. The molecule has 0 radical (unpaired) electrons. The summed E-state index contributed by atoms with van der Waals surface area (Å²) in [6, 6.07) is 12.8. The Hall–Kier alpha value is -3.06. The molecular weight excluding hydrogens is 372 g/mol. The van der Waals surface area contributed by atoms with E-state index in [1.807, 2.05) is 50.2 Å². The number of nitrogens with zero attached hydrogens (tertiary/aromatic N) is 1. The molecule has 0 saturated heterocycles. The molecule has 0 bridgehead atoms. The molecule has 0 fully saturated rings. The minimum atomic E-state index is -0.573. The van der Waals surface area contributed by atoms with E-state index in [1.165, 1.54) is 0 Å². The number of rotatable bonds is 10. The van der Waals surface area contributed by atoms with Crippen LogP contribution in [0.5, 0.6) is 5.75 Å². The van der Waals surface area contributed by atoms with Crippen molar-refractivity contribution in [2.45, 2.75) is 20.1 Å². The molecule has 0 unspecified atom stereocenters. The number of hydrogen-bond donors (Lipinski definition) is 1. The first kappa shape index (κ1) is 22.2. The molecule has 0 saturated carbocycles. The van der Waals surface area contributed by atoms with Crippen LogP contribution in [0.1, 0.15) is 28.4 Å². The molecular formula is C22H28N2O5. The fraction of sp³-hybridized carbons (Fsp3) is 0.364. The van der Waals surface area contributed by atoms with Crippen LogP contribution < -0.4 is 15.0 Å². The van der Waals surface area contributed by atoms with Gasteiger partial charge in [-0.05, 0) is 42.8 Å². The van der Waals surface area contributed by atoms with E-state index in [0.29, 0.717) is 31.1 Å². The van der Waals surface area contributed by atoms with E-state index >= 15 is 0 Å². The molecule has 2 aromatic carbocycles. The Bertz CT molecular complexity index is 818. The fourth-order valence-corrected chi connectivity index (χ4v) is 2.61. The standard InChI is InChI=1S/C22H28N2O5/c1-5-28-14-18-12-17(8-11-20(18)27-4)22(26)29-15-21(25)23-13-16-6-9-19(10-7-16)24(2)3/h6-12H,5,13-15H2,1-4H3,(H,23,25).